The first kappa shape index (κ1) is 25.3. The number of aromatic nitrogens is 2. The van der Waals surface area contributed by atoms with Crippen molar-refractivity contribution in [2.45, 2.75) is 19.8 Å². The Morgan fingerprint density at radius 2 is 1.69 bits per heavy atom. The van der Waals surface area contributed by atoms with Crippen LogP contribution >= 0.6 is 0 Å². The molecule has 1 saturated heterocycles. The van der Waals surface area contributed by atoms with Gasteiger partial charge in [0.25, 0.3) is 0 Å². The summed E-state index contributed by atoms with van der Waals surface area (Å²) in [6, 6.07) is 11.4. The Morgan fingerprint density at radius 1 is 0.944 bits per heavy atom. The van der Waals surface area contributed by atoms with Crippen LogP contribution < -0.4 is 24.8 Å². The van der Waals surface area contributed by atoms with Gasteiger partial charge < -0.3 is 29.3 Å². The van der Waals surface area contributed by atoms with Crippen LogP contribution in [-0.2, 0) is 0 Å². The van der Waals surface area contributed by atoms with Crippen molar-refractivity contribution in [2.75, 3.05) is 46.8 Å². The minimum Gasteiger partial charge on any atom is -0.493 e. The Morgan fingerprint density at radius 3 is 2.28 bits per heavy atom. The number of benzene rings is 1. The van der Waals surface area contributed by atoms with E-state index in [4.69, 9.17) is 18.6 Å². The van der Waals surface area contributed by atoms with Crippen LogP contribution in [0.15, 0.2) is 53.2 Å². The van der Waals surface area contributed by atoms with Gasteiger partial charge in [-0.3, -0.25) is 4.98 Å². The van der Waals surface area contributed by atoms with Gasteiger partial charge in [-0.1, -0.05) is 6.92 Å². The van der Waals surface area contributed by atoms with Gasteiger partial charge in [-0.25, -0.2) is 4.98 Å². The highest BCUT2D eigenvalue weighted by Gasteiger charge is 2.18. The summed E-state index contributed by atoms with van der Waals surface area (Å²) in [6.45, 7) is 4.77. The van der Waals surface area contributed by atoms with Gasteiger partial charge in [-0.15, -0.1) is 0 Å². The Hall–Kier alpha value is -3.78. The smallest absolute Gasteiger partial charge is 0.203 e. The predicted molar refractivity (Wildman–Crippen MR) is 143 cm³/mol. The van der Waals surface area contributed by atoms with Gasteiger partial charge in [0, 0.05) is 36.6 Å². The third kappa shape index (κ3) is 5.54. The van der Waals surface area contributed by atoms with E-state index in [1.54, 1.807) is 33.7 Å². The van der Waals surface area contributed by atoms with Gasteiger partial charge in [-0.2, -0.15) is 0 Å². The lowest BCUT2D eigenvalue weighted by molar-refractivity contribution is 0.324. The van der Waals surface area contributed by atoms with Crippen LogP contribution in [0.2, 0.25) is 0 Å². The van der Waals surface area contributed by atoms with Crippen molar-refractivity contribution < 1.29 is 18.6 Å². The molecule has 190 valence electrons. The summed E-state index contributed by atoms with van der Waals surface area (Å²) in [7, 11) is 6.58. The number of rotatable bonds is 6. The summed E-state index contributed by atoms with van der Waals surface area (Å²) in [5, 5.41) is 6.39. The molecule has 4 heterocycles. The number of fused-ring (bicyclic) bond motifs is 1. The molecule has 1 aliphatic heterocycles. The molecule has 0 aliphatic carbocycles. The molecule has 0 amide bonds. The Balaban J connectivity index is 0.000000375. The number of furan rings is 1. The Kier molecular flexibility index (Phi) is 8.28. The summed E-state index contributed by atoms with van der Waals surface area (Å²) in [4.78, 5) is 8.74. The highest BCUT2D eigenvalue weighted by molar-refractivity contribution is 5.93. The fraction of sp³-hybridized carbons (Fsp3) is 0.357. The van der Waals surface area contributed by atoms with E-state index < -0.39 is 0 Å². The van der Waals surface area contributed by atoms with E-state index in [-0.39, 0.29) is 0 Å². The van der Waals surface area contributed by atoms with E-state index in [1.807, 2.05) is 43.4 Å². The number of methoxy groups -OCH3 is 3. The second kappa shape index (κ2) is 11.8. The van der Waals surface area contributed by atoms with Crippen LogP contribution in [0.25, 0.3) is 33.6 Å². The van der Waals surface area contributed by atoms with Crippen molar-refractivity contribution in [2.24, 2.45) is 5.92 Å². The van der Waals surface area contributed by atoms with Gasteiger partial charge in [0.1, 0.15) is 17.1 Å². The predicted octanol–water partition coefficient (Wildman–Crippen LogP) is 5.63. The lowest BCUT2D eigenvalue weighted by Crippen LogP contribution is -2.27. The van der Waals surface area contributed by atoms with Gasteiger partial charge in [0.15, 0.2) is 17.1 Å². The zero-order valence-corrected chi connectivity index (χ0v) is 21.6. The van der Waals surface area contributed by atoms with Crippen molar-refractivity contribution >= 4 is 16.9 Å². The molecule has 1 aliphatic rings. The largest absolute Gasteiger partial charge is 0.493 e. The molecule has 36 heavy (non-hydrogen) atoms. The van der Waals surface area contributed by atoms with E-state index in [1.165, 1.54) is 25.9 Å². The van der Waals surface area contributed by atoms with Crippen molar-refractivity contribution in [3.05, 3.63) is 48.8 Å². The monoisotopic (exact) mass is 490 g/mol. The molecule has 1 aromatic carbocycles. The van der Waals surface area contributed by atoms with Crippen LogP contribution in [0.3, 0.4) is 0 Å². The maximum Gasteiger partial charge on any atom is 0.203 e. The van der Waals surface area contributed by atoms with E-state index in [0.29, 0.717) is 28.6 Å². The maximum absolute atomic E-state index is 6.23. The highest BCUT2D eigenvalue weighted by atomic mass is 16.5. The fourth-order valence-electron chi connectivity index (χ4n) is 4.29. The van der Waals surface area contributed by atoms with Gasteiger partial charge in [0.05, 0.1) is 21.3 Å². The zero-order chi connectivity index (χ0) is 25.5. The molecule has 0 bridgehead atoms. The van der Waals surface area contributed by atoms with Crippen LogP contribution in [0, 0.1) is 5.92 Å². The number of hydrogen-bond acceptors (Lipinski definition) is 8. The molecule has 8 nitrogen and oxygen atoms in total. The number of nitrogens with zero attached hydrogens (tertiary/aromatic N) is 2. The van der Waals surface area contributed by atoms with Crippen molar-refractivity contribution in [1.29, 1.82) is 0 Å². The summed E-state index contributed by atoms with van der Waals surface area (Å²) in [6.07, 6.45) is 6.33. The zero-order valence-electron chi connectivity index (χ0n) is 21.6. The molecule has 1 fully saturated rings. The number of anilines is 1. The third-order valence-corrected chi connectivity index (χ3v) is 6.23. The topological polar surface area (TPSA) is 90.7 Å². The summed E-state index contributed by atoms with van der Waals surface area (Å²) < 4.78 is 22.5. The molecule has 0 radical (unpaired) electrons. The van der Waals surface area contributed by atoms with Crippen molar-refractivity contribution in [3.63, 3.8) is 0 Å². The molecule has 0 spiro atoms. The van der Waals surface area contributed by atoms with Crippen molar-refractivity contribution in [3.8, 4) is 39.7 Å². The highest BCUT2D eigenvalue weighted by Crippen LogP contribution is 2.42. The molecular weight excluding hydrogens is 456 g/mol. The number of piperidine rings is 1. The first-order valence-electron chi connectivity index (χ1n) is 12.1. The first-order chi connectivity index (χ1) is 17.6. The summed E-state index contributed by atoms with van der Waals surface area (Å²) in [5.41, 5.74) is 4.18. The quantitative estimate of drug-likeness (QED) is 0.359. The molecule has 2 N–H and O–H groups in total. The minimum atomic E-state index is 0.532. The third-order valence-electron chi connectivity index (χ3n) is 6.23. The lowest BCUT2D eigenvalue weighted by Gasteiger charge is -2.17. The molecular formula is C28H34N4O4. The standard InChI is InChI=1S/C22H21N3O4.C6H13N/c1-23-20-11-13(5-7-25-20)15-6-8-24-16-12-17(29-21(15)16)14-9-18(26-2)22(28-4)19(10-14)27-3;1-6-3-2-4-7-5-6/h5-12H,1-4H3,(H,23,25);6-7H,2-5H2,1H3. The van der Waals surface area contributed by atoms with Gasteiger partial charge >= 0.3 is 0 Å². The Labute approximate surface area is 212 Å². The maximum atomic E-state index is 6.23. The molecule has 5 rings (SSSR count). The van der Waals surface area contributed by atoms with E-state index in [0.717, 1.165) is 33.9 Å². The molecule has 3 aromatic heterocycles. The molecule has 1 atom stereocenters. The first-order valence-corrected chi connectivity index (χ1v) is 12.1. The molecule has 4 aromatic rings. The van der Waals surface area contributed by atoms with Crippen molar-refractivity contribution in [1.82, 2.24) is 15.3 Å². The summed E-state index contributed by atoms with van der Waals surface area (Å²) in [5.74, 6) is 4.01. The number of nitrogens with one attached hydrogen (secondary N) is 2. The number of ether oxygens (including phenoxy) is 3. The Bertz CT molecular complexity index is 1270. The van der Waals surface area contributed by atoms with Crippen LogP contribution in [-0.4, -0.2) is 51.4 Å². The van der Waals surface area contributed by atoms with Crippen LogP contribution in [0.4, 0.5) is 5.82 Å². The number of hydrogen-bond donors (Lipinski definition) is 2. The lowest BCUT2D eigenvalue weighted by atomic mass is 10.0. The normalized spacial score (nSPS) is 15.1. The van der Waals surface area contributed by atoms with Crippen LogP contribution in [0.5, 0.6) is 17.2 Å². The minimum absolute atomic E-state index is 0.532. The second-order valence-corrected chi connectivity index (χ2v) is 8.73. The van der Waals surface area contributed by atoms with Gasteiger partial charge in [0.2, 0.25) is 5.75 Å². The summed E-state index contributed by atoms with van der Waals surface area (Å²) >= 11 is 0. The van der Waals surface area contributed by atoms with E-state index in [9.17, 15) is 0 Å². The average molecular weight is 491 g/mol. The average Bonchev–Trinajstić information content (AvgIpc) is 3.37. The molecule has 0 saturated carbocycles. The fourth-order valence-corrected chi connectivity index (χ4v) is 4.29. The van der Waals surface area contributed by atoms with E-state index >= 15 is 0 Å². The molecule has 1 unspecified atom stereocenters. The second-order valence-electron chi connectivity index (χ2n) is 8.73. The molecule has 8 heteroatoms. The van der Waals surface area contributed by atoms with E-state index in [2.05, 4.69) is 27.5 Å². The van der Waals surface area contributed by atoms with Crippen LogP contribution in [0.1, 0.15) is 19.8 Å². The SMILES string of the molecule is CC1CCCNC1.CNc1cc(-c2ccnc3cc(-c4cc(OC)c(OC)c(OC)c4)oc23)ccn1. The number of pyridine rings is 2. The van der Waals surface area contributed by atoms with Gasteiger partial charge in [-0.05, 0) is 67.7 Å².